The Bertz CT molecular complexity index is 729. The molecule has 2 heterocycles. The van der Waals surface area contributed by atoms with Gasteiger partial charge in [-0.05, 0) is 55.9 Å². The normalized spacial score (nSPS) is 24.7. The third-order valence-electron chi connectivity index (χ3n) is 4.78. The molecule has 0 saturated carbocycles. The van der Waals surface area contributed by atoms with Crippen LogP contribution in [0.1, 0.15) is 42.6 Å². The van der Waals surface area contributed by atoms with E-state index < -0.39 is 10.0 Å². The highest BCUT2D eigenvalue weighted by Crippen LogP contribution is 2.35. The van der Waals surface area contributed by atoms with Gasteiger partial charge in [0.05, 0.1) is 11.9 Å². The number of nitrogens with zero attached hydrogens (tertiary/aromatic N) is 2. The van der Waals surface area contributed by atoms with Crippen molar-refractivity contribution in [1.82, 2.24) is 4.90 Å². The Morgan fingerprint density at radius 1 is 1.26 bits per heavy atom. The fourth-order valence-corrected chi connectivity index (χ4v) is 5.06. The lowest BCUT2D eigenvalue weighted by molar-refractivity contribution is 0.0683. The van der Waals surface area contributed by atoms with Crippen molar-refractivity contribution in [2.24, 2.45) is 5.92 Å². The van der Waals surface area contributed by atoms with E-state index in [1.54, 1.807) is 12.1 Å². The quantitative estimate of drug-likeness (QED) is 0.832. The van der Waals surface area contributed by atoms with Gasteiger partial charge >= 0.3 is 0 Å². The summed E-state index contributed by atoms with van der Waals surface area (Å²) in [7, 11) is -3.29. The van der Waals surface area contributed by atoms with Gasteiger partial charge in [0.1, 0.15) is 0 Å². The molecule has 2 atom stereocenters. The third-order valence-corrected chi connectivity index (χ3v) is 6.05. The van der Waals surface area contributed by atoms with E-state index in [0.717, 1.165) is 25.1 Å². The van der Waals surface area contributed by atoms with Gasteiger partial charge in [0.2, 0.25) is 10.0 Å². The van der Waals surface area contributed by atoms with E-state index in [9.17, 15) is 13.2 Å². The zero-order valence-corrected chi connectivity index (χ0v) is 14.8. The molecule has 6 heteroatoms. The van der Waals surface area contributed by atoms with Crippen molar-refractivity contribution in [1.29, 1.82) is 0 Å². The zero-order valence-electron chi connectivity index (χ0n) is 13.9. The lowest BCUT2D eigenvalue weighted by Crippen LogP contribution is -2.39. The van der Waals surface area contributed by atoms with Crippen LogP contribution in [0.3, 0.4) is 0 Å². The lowest BCUT2D eigenvalue weighted by atomic mass is 9.99. The van der Waals surface area contributed by atoms with Gasteiger partial charge in [0.15, 0.2) is 0 Å². The van der Waals surface area contributed by atoms with Crippen molar-refractivity contribution in [2.75, 3.05) is 23.7 Å². The van der Waals surface area contributed by atoms with Crippen molar-refractivity contribution in [3.8, 4) is 0 Å². The first-order valence-corrected chi connectivity index (χ1v) is 10.0. The van der Waals surface area contributed by atoms with Gasteiger partial charge in [0, 0.05) is 24.7 Å². The summed E-state index contributed by atoms with van der Waals surface area (Å²) in [4.78, 5) is 14.6. The highest BCUT2D eigenvalue weighted by Gasteiger charge is 2.33. The number of hydrogen-bond acceptors (Lipinski definition) is 3. The summed E-state index contributed by atoms with van der Waals surface area (Å²) in [6.07, 6.45) is 4.11. The van der Waals surface area contributed by atoms with E-state index in [-0.39, 0.29) is 11.9 Å². The van der Waals surface area contributed by atoms with Crippen molar-refractivity contribution >= 4 is 21.6 Å². The largest absolute Gasteiger partial charge is 0.338 e. The van der Waals surface area contributed by atoms with Crippen molar-refractivity contribution in [3.63, 3.8) is 0 Å². The van der Waals surface area contributed by atoms with Crippen LogP contribution >= 0.6 is 0 Å². The highest BCUT2D eigenvalue weighted by molar-refractivity contribution is 7.92. The number of carbonyl (C=O) groups excluding carboxylic acids is 1. The number of likely N-dealkylation sites (tertiary alicyclic amines) is 1. The molecule has 0 radical (unpaired) electrons. The molecule has 1 aromatic carbocycles. The minimum Gasteiger partial charge on any atom is -0.338 e. The van der Waals surface area contributed by atoms with Crippen LogP contribution in [0.5, 0.6) is 0 Å². The van der Waals surface area contributed by atoms with Gasteiger partial charge < -0.3 is 4.90 Å². The summed E-state index contributed by atoms with van der Waals surface area (Å²) in [5, 5.41) is 0. The van der Waals surface area contributed by atoms with E-state index in [1.807, 2.05) is 17.9 Å². The number of amides is 1. The number of fused-ring (bicyclic) bond motifs is 1. The summed E-state index contributed by atoms with van der Waals surface area (Å²) in [5.41, 5.74) is 2.32. The molecule has 0 aliphatic carbocycles. The highest BCUT2D eigenvalue weighted by atomic mass is 32.2. The molecule has 0 spiro atoms. The van der Waals surface area contributed by atoms with E-state index >= 15 is 0 Å². The molecule has 5 nitrogen and oxygen atoms in total. The third kappa shape index (κ3) is 3.09. The van der Waals surface area contributed by atoms with Crippen LogP contribution in [-0.2, 0) is 16.4 Å². The Morgan fingerprint density at radius 3 is 2.65 bits per heavy atom. The molecule has 1 amide bonds. The summed E-state index contributed by atoms with van der Waals surface area (Å²) in [6, 6.07) is 5.32. The van der Waals surface area contributed by atoms with Gasteiger partial charge in [-0.3, -0.25) is 9.10 Å². The molecule has 1 saturated heterocycles. The molecule has 0 N–H and O–H groups in total. The summed E-state index contributed by atoms with van der Waals surface area (Å²) < 4.78 is 25.4. The van der Waals surface area contributed by atoms with Gasteiger partial charge in [-0.1, -0.05) is 6.92 Å². The van der Waals surface area contributed by atoms with Gasteiger partial charge in [-0.2, -0.15) is 0 Å². The second-order valence-corrected chi connectivity index (χ2v) is 8.81. The van der Waals surface area contributed by atoms with Gasteiger partial charge in [-0.25, -0.2) is 8.42 Å². The molecule has 3 rings (SSSR count). The molecule has 1 aromatic rings. The Kier molecular flexibility index (Phi) is 4.12. The first-order valence-electron chi connectivity index (χ1n) is 8.19. The Hall–Kier alpha value is -1.56. The van der Waals surface area contributed by atoms with E-state index in [2.05, 4.69) is 6.92 Å². The lowest BCUT2D eigenvalue weighted by Gasteiger charge is -2.31. The van der Waals surface area contributed by atoms with Crippen molar-refractivity contribution < 1.29 is 13.2 Å². The van der Waals surface area contributed by atoms with Crippen LogP contribution in [-0.4, -0.2) is 44.6 Å². The smallest absolute Gasteiger partial charge is 0.253 e. The minimum atomic E-state index is -3.29. The first kappa shape index (κ1) is 16.3. The van der Waals surface area contributed by atoms with Crippen molar-refractivity contribution in [3.05, 3.63) is 29.3 Å². The number of piperidine rings is 1. The van der Waals surface area contributed by atoms with Crippen LogP contribution < -0.4 is 4.31 Å². The zero-order chi connectivity index (χ0) is 16.8. The molecular weight excluding hydrogens is 312 g/mol. The fraction of sp³-hybridized carbons (Fsp3) is 0.588. The summed E-state index contributed by atoms with van der Waals surface area (Å²) >= 11 is 0. The molecule has 1 fully saturated rings. The number of benzene rings is 1. The molecule has 0 bridgehead atoms. The minimum absolute atomic E-state index is 0.0600. The number of rotatable bonds is 2. The Balaban J connectivity index is 1.88. The molecule has 2 aliphatic heterocycles. The van der Waals surface area contributed by atoms with Crippen LogP contribution in [0.15, 0.2) is 18.2 Å². The second-order valence-electron chi connectivity index (χ2n) is 6.95. The SMILES string of the molecule is C[C@H]1CCCN(C(=O)c2ccc3c(c2)C[C@@H](C)N3S(C)(=O)=O)C1. The molecule has 126 valence electrons. The van der Waals surface area contributed by atoms with Crippen molar-refractivity contribution in [2.45, 2.75) is 39.2 Å². The summed E-state index contributed by atoms with van der Waals surface area (Å²) in [6.45, 7) is 5.69. The van der Waals surface area contributed by atoms with Crippen LogP contribution in [0, 0.1) is 5.92 Å². The fourth-order valence-electron chi connectivity index (χ4n) is 3.80. The van der Waals surface area contributed by atoms with Crippen LogP contribution in [0.25, 0.3) is 0 Å². The van der Waals surface area contributed by atoms with Crippen LogP contribution in [0.4, 0.5) is 5.69 Å². The monoisotopic (exact) mass is 336 g/mol. The number of hydrogen-bond donors (Lipinski definition) is 0. The first-order chi connectivity index (χ1) is 10.8. The van der Waals surface area contributed by atoms with E-state index in [1.165, 1.54) is 17.0 Å². The predicted molar refractivity (Wildman–Crippen MR) is 91.2 cm³/mol. The van der Waals surface area contributed by atoms with E-state index in [4.69, 9.17) is 0 Å². The van der Waals surface area contributed by atoms with Crippen LogP contribution in [0.2, 0.25) is 0 Å². The predicted octanol–water partition coefficient (Wildman–Crippen LogP) is 2.27. The van der Waals surface area contributed by atoms with Gasteiger partial charge in [0.25, 0.3) is 5.91 Å². The maximum absolute atomic E-state index is 12.7. The second kappa shape index (κ2) is 5.82. The average Bonchev–Trinajstić information content (AvgIpc) is 2.81. The topological polar surface area (TPSA) is 57.7 Å². The molecule has 0 unspecified atom stereocenters. The van der Waals surface area contributed by atoms with Gasteiger partial charge in [-0.15, -0.1) is 0 Å². The standard InChI is InChI=1S/C17H24N2O3S/c1-12-5-4-8-18(11-12)17(20)14-6-7-16-15(10-14)9-13(2)19(16)23(3,21)22/h6-7,10,12-13H,4-5,8-9,11H2,1-3H3/t12-,13+/m0/s1. The molecule has 23 heavy (non-hydrogen) atoms. The maximum atomic E-state index is 12.7. The maximum Gasteiger partial charge on any atom is 0.253 e. The summed E-state index contributed by atoms with van der Waals surface area (Å²) in [5.74, 6) is 0.604. The Morgan fingerprint density at radius 2 is 2.00 bits per heavy atom. The number of sulfonamides is 1. The number of anilines is 1. The Labute approximate surface area is 138 Å². The number of carbonyl (C=O) groups is 1. The molecular formula is C17H24N2O3S. The van der Waals surface area contributed by atoms with E-state index in [0.29, 0.717) is 23.6 Å². The molecule has 2 aliphatic rings. The average molecular weight is 336 g/mol. The molecule has 0 aromatic heterocycles.